The second-order valence-electron chi connectivity index (χ2n) is 5.91. The molecule has 0 aliphatic carbocycles. The van der Waals surface area contributed by atoms with Crippen LogP contribution in [0.2, 0.25) is 0 Å². The van der Waals surface area contributed by atoms with Crippen LogP contribution in [0.3, 0.4) is 0 Å². The van der Waals surface area contributed by atoms with Gasteiger partial charge in [-0.1, -0.05) is 6.07 Å². The molecule has 5 heteroatoms. The Hall–Kier alpha value is -0.910. The molecule has 1 aliphatic rings. The summed E-state index contributed by atoms with van der Waals surface area (Å²) in [6.45, 7) is 8.07. The number of hydrogen-bond donors (Lipinski definition) is 2. The lowest BCUT2D eigenvalue weighted by Gasteiger charge is -2.34. The van der Waals surface area contributed by atoms with E-state index >= 15 is 0 Å². The van der Waals surface area contributed by atoms with E-state index in [4.69, 9.17) is 0 Å². The van der Waals surface area contributed by atoms with E-state index in [1.807, 2.05) is 26.8 Å². The summed E-state index contributed by atoms with van der Waals surface area (Å²) in [6, 6.07) is 5.83. The average Bonchev–Trinajstić information content (AvgIpc) is 2.36. The van der Waals surface area contributed by atoms with Gasteiger partial charge in [0.1, 0.15) is 0 Å². The highest BCUT2D eigenvalue weighted by atomic mass is 32.2. The summed E-state index contributed by atoms with van der Waals surface area (Å²) in [4.78, 5) is 0.353. The van der Waals surface area contributed by atoms with Crippen molar-refractivity contribution in [2.24, 2.45) is 0 Å². The Morgan fingerprint density at radius 3 is 2.45 bits per heavy atom. The van der Waals surface area contributed by atoms with Crippen LogP contribution in [0.15, 0.2) is 23.1 Å². The van der Waals surface area contributed by atoms with E-state index in [9.17, 15) is 8.42 Å². The summed E-state index contributed by atoms with van der Waals surface area (Å²) in [6.07, 6.45) is 1.86. The lowest BCUT2D eigenvalue weighted by molar-refractivity contribution is 0.297. The van der Waals surface area contributed by atoms with E-state index in [2.05, 4.69) is 17.0 Å². The van der Waals surface area contributed by atoms with Crippen molar-refractivity contribution in [1.82, 2.24) is 10.0 Å². The van der Waals surface area contributed by atoms with Gasteiger partial charge in [0.25, 0.3) is 0 Å². The molecule has 0 bridgehead atoms. The fraction of sp³-hybridized carbons (Fsp3) is 0.600. The zero-order valence-electron chi connectivity index (χ0n) is 12.6. The van der Waals surface area contributed by atoms with Crippen LogP contribution in [0, 0.1) is 13.8 Å². The van der Waals surface area contributed by atoms with Crippen molar-refractivity contribution in [1.29, 1.82) is 0 Å². The molecule has 4 nitrogen and oxygen atoms in total. The van der Waals surface area contributed by atoms with Crippen molar-refractivity contribution in [2.75, 3.05) is 0 Å². The summed E-state index contributed by atoms with van der Waals surface area (Å²) in [5.41, 5.74) is 2.10. The number of rotatable bonds is 3. The maximum absolute atomic E-state index is 12.5. The molecular weight excluding hydrogens is 272 g/mol. The largest absolute Gasteiger partial charge is 0.310 e. The molecule has 1 fully saturated rings. The SMILES string of the molecule is Cc1ccc(S(=O)(=O)NC2CCC(C)NC2C)cc1C. The third-order valence-corrected chi connectivity index (χ3v) is 5.64. The van der Waals surface area contributed by atoms with Crippen LogP contribution in [-0.2, 0) is 10.0 Å². The minimum Gasteiger partial charge on any atom is -0.310 e. The van der Waals surface area contributed by atoms with E-state index in [1.54, 1.807) is 12.1 Å². The Labute approximate surface area is 122 Å². The third kappa shape index (κ3) is 3.40. The molecule has 0 aromatic heterocycles. The van der Waals surface area contributed by atoms with Crippen molar-refractivity contribution in [2.45, 2.75) is 63.6 Å². The van der Waals surface area contributed by atoms with Crippen molar-refractivity contribution in [3.63, 3.8) is 0 Å². The molecule has 1 aromatic carbocycles. The van der Waals surface area contributed by atoms with Gasteiger partial charge in [-0.2, -0.15) is 0 Å². The van der Waals surface area contributed by atoms with Gasteiger partial charge in [-0.25, -0.2) is 13.1 Å². The number of nitrogens with one attached hydrogen (secondary N) is 2. The van der Waals surface area contributed by atoms with Crippen LogP contribution < -0.4 is 10.0 Å². The number of hydrogen-bond acceptors (Lipinski definition) is 3. The molecule has 1 aliphatic heterocycles. The molecular formula is C15H24N2O2S. The maximum atomic E-state index is 12.5. The van der Waals surface area contributed by atoms with E-state index in [-0.39, 0.29) is 12.1 Å². The third-order valence-electron chi connectivity index (χ3n) is 4.16. The van der Waals surface area contributed by atoms with Gasteiger partial charge in [0.2, 0.25) is 10.0 Å². The number of aryl methyl sites for hydroxylation is 2. The summed E-state index contributed by atoms with van der Waals surface area (Å²) < 4.78 is 27.7. The second-order valence-corrected chi connectivity index (χ2v) is 7.62. The zero-order chi connectivity index (χ0) is 14.9. The van der Waals surface area contributed by atoms with Crippen LogP contribution in [0.25, 0.3) is 0 Å². The first-order valence-electron chi connectivity index (χ1n) is 7.15. The van der Waals surface area contributed by atoms with Crippen LogP contribution >= 0.6 is 0 Å². The average molecular weight is 296 g/mol. The van der Waals surface area contributed by atoms with Gasteiger partial charge >= 0.3 is 0 Å². The van der Waals surface area contributed by atoms with Crippen LogP contribution in [-0.4, -0.2) is 26.5 Å². The van der Waals surface area contributed by atoms with Gasteiger partial charge in [-0.3, -0.25) is 0 Å². The normalized spacial score (nSPS) is 27.5. The molecule has 0 saturated carbocycles. The second kappa shape index (κ2) is 5.84. The quantitative estimate of drug-likeness (QED) is 0.898. The van der Waals surface area contributed by atoms with E-state index in [1.165, 1.54) is 0 Å². The summed E-state index contributed by atoms with van der Waals surface area (Å²) in [7, 11) is -3.44. The smallest absolute Gasteiger partial charge is 0.240 e. The first-order chi connectivity index (χ1) is 9.29. The molecule has 0 amide bonds. The van der Waals surface area contributed by atoms with Crippen molar-refractivity contribution >= 4 is 10.0 Å². The number of piperidine rings is 1. The van der Waals surface area contributed by atoms with Crippen LogP contribution in [0.5, 0.6) is 0 Å². The highest BCUT2D eigenvalue weighted by Gasteiger charge is 2.28. The highest BCUT2D eigenvalue weighted by molar-refractivity contribution is 7.89. The molecule has 3 atom stereocenters. The predicted molar refractivity (Wildman–Crippen MR) is 81.3 cm³/mol. The van der Waals surface area contributed by atoms with E-state index < -0.39 is 10.0 Å². The summed E-state index contributed by atoms with van der Waals surface area (Å²) in [5.74, 6) is 0. The number of benzene rings is 1. The molecule has 2 rings (SSSR count). The zero-order valence-corrected chi connectivity index (χ0v) is 13.4. The molecule has 2 N–H and O–H groups in total. The molecule has 112 valence electrons. The molecule has 20 heavy (non-hydrogen) atoms. The van der Waals surface area contributed by atoms with Gasteiger partial charge in [0.15, 0.2) is 0 Å². The first-order valence-corrected chi connectivity index (χ1v) is 8.63. The van der Waals surface area contributed by atoms with Crippen molar-refractivity contribution in [3.8, 4) is 0 Å². The summed E-state index contributed by atoms with van der Waals surface area (Å²) in [5, 5.41) is 3.40. The predicted octanol–water partition coefficient (Wildman–Crippen LogP) is 2.11. The van der Waals surface area contributed by atoms with Gasteiger partial charge in [0.05, 0.1) is 4.90 Å². The van der Waals surface area contributed by atoms with Crippen LogP contribution in [0.1, 0.15) is 37.8 Å². The maximum Gasteiger partial charge on any atom is 0.240 e. The molecule has 0 radical (unpaired) electrons. The Morgan fingerprint density at radius 2 is 1.85 bits per heavy atom. The fourth-order valence-electron chi connectivity index (χ4n) is 2.64. The minimum atomic E-state index is -3.44. The Bertz CT molecular complexity index is 584. The van der Waals surface area contributed by atoms with Crippen LogP contribution in [0.4, 0.5) is 0 Å². The van der Waals surface area contributed by atoms with E-state index in [0.717, 1.165) is 24.0 Å². The van der Waals surface area contributed by atoms with E-state index in [0.29, 0.717) is 10.9 Å². The lowest BCUT2D eigenvalue weighted by atomic mass is 9.96. The first kappa shape index (κ1) is 15.5. The molecule has 0 spiro atoms. The molecule has 1 heterocycles. The van der Waals surface area contributed by atoms with Gasteiger partial charge in [-0.15, -0.1) is 0 Å². The van der Waals surface area contributed by atoms with Gasteiger partial charge < -0.3 is 5.32 Å². The standard InChI is InChI=1S/C15H24N2O2S/c1-10-5-7-14(9-11(10)2)20(18,19)17-15-8-6-12(3)16-13(15)4/h5,7,9,12-13,15-17H,6,8H2,1-4H3. The minimum absolute atomic E-state index is 0.0437. The Morgan fingerprint density at radius 1 is 1.15 bits per heavy atom. The van der Waals surface area contributed by atoms with Gasteiger partial charge in [-0.05, 0) is 63.8 Å². The topological polar surface area (TPSA) is 58.2 Å². The molecule has 1 aromatic rings. The van der Waals surface area contributed by atoms with Gasteiger partial charge in [0, 0.05) is 18.1 Å². The fourth-order valence-corrected chi connectivity index (χ4v) is 4.07. The monoisotopic (exact) mass is 296 g/mol. The molecule has 3 unspecified atom stereocenters. The van der Waals surface area contributed by atoms with Crippen molar-refractivity contribution in [3.05, 3.63) is 29.3 Å². The molecule has 1 saturated heterocycles. The highest BCUT2D eigenvalue weighted by Crippen LogP contribution is 2.18. The lowest BCUT2D eigenvalue weighted by Crippen LogP contribution is -2.54. The Kier molecular flexibility index (Phi) is 4.52. The summed E-state index contributed by atoms with van der Waals surface area (Å²) >= 11 is 0. The van der Waals surface area contributed by atoms with Crippen molar-refractivity contribution < 1.29 is 8.42 Å². The Balaban J connectivity index is 2.16. The number of sulfonamides is 1.